The molecule has 0 aromatic carbocycles. The van der Waals surface area contributed by atoms with Crippen LogP contribution < -0.4 is 5.32 Å². The van der Waals surface area contributed by atoms with E-state index < -0.39 is 30.3 Å². The topological polar surface area (TPSA) is 110 Å². The number of hydrogen-bond donors (Lipinski definition) is 4. The lowest BCUT2D eigenvalue weighted by molar-refractivity contribution is -0.165. The summed E-state index contributed by atoms with van der Waals surface area (Å²) in [5.74, 6) is -2.30. The Hall–Kier alpha value is -1.18. The van der Waals surface area contributed by atoms with Crippen LogP contribution in [0.5, 0.6) is 0 Å². The van der Waals surface area contributed by atoms with Crippen LogP contribution in [-0.4, -0.2) is 63.6 Å². The molecule has 0 bridgehead atoms. The maximum atomic E-state index is 11.2. The molecule has 110 valence electrons. The van der Waals surface area contributed by atoms with Crippen molar-refractivity contribution in [2.45, 2.75) is 39.1 Å². The smallest absolute Gasteiger partial charge is 0.310 e. The Morgan fingerprint density at radius 2 is 1.89 bits per heavy atom. The maximum absolute atomic E-state index is 11.2. The number of hydrogen-bond acceptors (Lipinski definition) is 5. The molecule has 0 unspecified atom stereocenters. The van der Waals surface area contributed by atoms with Crippen molar-refractivity contribution in [2.75, 3.05) is 13.1 Å². The first-order valence-corrected chi connectivity index (χ1v) is 6.34. The van der Waals surface area contributed by atoms with Crippen molar-refractivity contribution in [3.63, 3.8) is 0 Å². The molecule has 1 amide bonds. The average Bonchev–Trinajstić information content (AvgIpc) is 2.27. The number of likely N-dealkylation sites (tertiary alicyclic amines) is 1. The normalized spacial score (nSPS) is 32.3. The zero-order valence-corrected chi connectivity index (χ0v) is 11.4. The minimum absolute atomic E-state index is 0.0939. The number of amides is 1. The highest BCUT2D eigenvalue weighted by Crippen LogP contribution is 2.23. The molecule has 4 N–H and O–H groups in total. The van der Waals surface area contributed by atoms with Gasteiger partial charge in [0.15, 0.2) is 0 Å². The number of rotatable bonds is 4. The molecule has 0 aliphatic carbocycles. The van der Waals surface area contributed by atoms with Crippen LogP contribution in [0.3, 0.4) is 0 Å². The van der Waals surface area contributed by atoms with Crippen LogP contribution in [0.15, 0.2) is 0 Å². The van der Waals surface area contributed by atoms with Gasteiger partial charge in [-0.05, 0) is 5.92 Å². The molecule has 19 heavy (non-hydrogen) atoms. The lowest BCUT2D eigenvalue weighted by atomic mass is 9.89. The summed E-state index contributed by atoms with van der Waals surface area (Å²) >= 11 is 0. The van der Waals surface area contributed by atoms with Gasteiger partial charge in [-0.1, -0.05) is 13.8 Å². The van der Waals surface area contributed by atoms with Crippen LogP contribution in [0.25, 0.3) is 0 Å². The minimum atomic E-state index is -1.39. The predicted octanol–water partition coefficient (Wildman–Crippen LogP) is -1.16. The zero-order chi connectivity index (χ0) is 14.7. The molecule has 0 saturated carbocycles. The first-order chi connectivity index (χ1) is 8.73. The quantitative estimate of drug-likeness (QED) is 0.515. The number of carbonyl (C=O) groups is 2. The van der Waals surface area contributed by atoms with E-state index in [-0.39, 0.29) is 18.4 Å². The van der Waals surface area contributed by atoms with E-state index in [2.05, 4.69) is 5.32 Å². The fourth-order valence-corrected chi connectivity index (χ4v) is 2.38. The largest absolute Gasteiger partial charge is 0.481 e. The van der Waals surface area contributed by atoms with Gasteiger partial charge in [0.05, 0.1) is 12.0 Å². The highest BCUT2D eigenvalue weighted by Gasteiger charge is 2.45. The molecule has 4 atom stereocenters. The summed E-state index contributed by atoms with van der Waals surface area (Å²) in [7, 11) is 0. The zero-order valence-electron chi connectivity index (χ0n) is 11.4. The number of aliphatic hydroxyl groups is 2. The Morgan fingerprint density at radius 3 is 2.32 bits per heavy atom. The van der Waals surface area contributed by atoms with Gasteiger partial charge in [0.2, 0.25) is 5.91 Å². The number of carboxylic acids is 1. The Morgan fingerprint density at radius 1 is 1.32 bits per heavy atom. The molecule has 1 aliphatic heterocycles. The summed E-state index contributed by atoms with van der Waals surface area (Å²) in [6.07, 6.45) is -3.47. The number of nitrogens with zero attached hydrogens (tertiary/aromatic N) is 1. The number of aliphatic hydroxyl groups excluding tert-OH is 2. The number of aliphatic carboxylic acids is 1. The second kappa shape index (κ2) is 6.31. The van der Waals surface area contributed by atoms with Crippen molar-refractivity contribution in [3.05, 3.63) is 0 Å². The highest BCUT2D eigenvalue weighted by molar-refractivity contribution is 5.74. The van der Waals surface area contributed by atoms with E-state index in [1.165, 1.54) is 6.92 Å². The lowest BCUT2D eigenvalue weighted by Gasteiger charge is -2.44. The second-order valence-corrected chi connectivity index (χ2v) is 5.42. The van der Waals surface area contributed by atoms with E-state index in [4.69, 9.17) is 5.11 Å². The van der Waals surface area contributed by atoms with Crippen molar-refractivity contribution in [2.24, 2.45) is 11.8 Å². The third kappa shape index (κ3) is 3.89. The highest BCUT2D eigenvalue weighted by atomic mass is 16.4. The molecule has 1 heterocycles. The summed E-state index contributed by atoms with van der Waals surface area (Å²) in [5.41, 5.74) is 0. The van der Waals surface area contributed by atoms with E-state index in [9.17, 15) is 19.8 Å². The second-order valence-electron chi connectivity index (χ2n) is 5.42. The van der Waals surface area contributed by atoms with Crippen LogP contribution in [0.2, 0.25) is 0 Å². The van der Waals surface area contributed by atoms with Gasteiger partial charge in [-0.25, -0.2) is 0 Å². The van der Waals surface area contributed by atoms with Crippen molar-refractivity contribution in [1.29, 1.82) is 0 Å². The first-order valence-electron chi connectivity index (χ1n) is 6.34. The molecule has 0 spiro atoms. The fraction of sp³-hybridized carbons (Fsp3) is 0.833. The van der Waals surface area contributed by atoms with Crippen LogP contribution in [-0.2, 0) is 9.59 Å². The van der Waals surface area contributed by atoms with Gasteiger partial charge in [0.25, 0.3) is 0 Å². The van der Waals surface area contributed by atoms with Crippen molar-refractivity contribution >= 4 is 11.9 Å². The van der Waals surface area contributed by atoms with Gasteiger partial charge in [-0.15, -0.1) is 0 Å². The van der Waals surface area contributed by atoms with E-state index in [1.807, 2.05) is 13.8 Å². The number of carboxylic acid groups (broad SMARTS) is 1. The van der Waals surface area contributed by atoms with Crippen molar-refractivity contribution in [3.8, 4) is 0 Å². The van der Waals surface area contributed by atoms with Crippen LogP contribution in [0.4, 0.5) is 0 Å². The summed E-state index contributed by atoms with van der Waals surface area (Å²) in [4.78, 5) is 23.9. The fourth-order valence-electron chi connectivity index (χ4n) is 2.38. The monoisotopic (exact) mass is 274 g/mol. The van der Waals surface area contributed by atoms with Gasteiger partial charge in [0, 0.05) is 20.0 Å². The van der Waals surface area contributed by atoms with Crippen molar-refractivity contribution in [1.82, 2.24) is 10.2 Å². The van der Waals surface area contributed by atoms with Crippen molar-refractivity contribution < 1.29 is 24.9 Å². The number of piperidine rings is 1. The molecule has 0 aromatic heterocycles. The van der Waals surface area contributed by atoms with Crippen LogP contribution in [0, 0.1) is 11.8 Å². The lowest BCUT2D eigenvalue weighted by Crippen LogP contribution is -2.66. The molecule has 1 aliphatic rings. The van der Waals surface area contributed by atoms with Crippen LogP contribution in [0.1, 0.15) is 20.8 Å². The van der Waals surface area contributed by atoms with Gasteiger partial charge < -0.3 is 20.6 Å². The first kappa shape index (κ1) is 15.9. The van der Waals surface area contributed by atoms with Gasteiger partial charge in [-0.3, -0.25) is 14.5 Å². The van der Waals surface area contributed by atoms with E-state index >= 15 is 0 Å². The van der Waals surface area contributed by atoms with Gasteiger partial charge >= 0.3 is 5.97 Å². The molecular weight excluding hydrogens is 252 g/mol. The molecule has 0 radical (unpaired) electrons. The Kier molecular flexibility index (Phi) is 5.28. The van der Waals surface area contributed by atoms with E-state index in [0.29, 0.717) is 6.54 Å². The molecule has 1 fully saturated rings. The molecule has 7 nitrogen and oxygen atoms in total. The summed E-state index contributed by atoms with van der Waals surface area (Å²) in [5, 5.41) is 31.5. The SMILES string of the molecule is CC(=O)N[C@@H]1[C@@H](O)[C@@H](O)[C@@H](C(=O)O)CN1CC(C)C. The summed E-state index contributed by atoms with van der Waals surface area (Å²) < 4.78 is 0. The third-order valence-corrected chi connectivity index (χ3v) is 3.18. The molecule has 7 heteroatoms. The predicted molar refractivity (Wildman–Crippen MR) is 67.2 cm³/mol. The molecule has 1 rings (SSSR count). The van der Waals surface area contributed by atoms with Crippen LogP contribution >= 0.6 is 0 Å². The minimum Gasteiger partial charge on any atom is -0.481 e. The van der Waals surface area contributed by atoms with E-state index in [1.54, 1.807) is 4.90 Å². The summed E-state index contributed by atoms with van der Waals surface area (Å²) in [6, 6.07) is 0. The Labute approximate surface area is 112 Å². The number of nitrogens with one attached hydrogen (secondary N) is 1. The summed E-state index contributed by atoms with van der Waals surface area (Å²) in [6.45, 7) is 5.85. The van der Waals surface area contributed by atoms with Gasteiger partial charge in [0.1, 0.15) is 12.3 Å². The Bertz CT molecular complexity index is 347. The van der Waals surface area contributed by atoms with Gasteiger partial charge in [-0.2, -0.15) is 0 Å². The van der Waals surface area contributed by atoms with E-state index in [0.717, 1.165) is 0 Å². The number of carbonyl (C=O) groups excluding carboxylic acids is 1. The average molecular weight is 274 g/mol. The Balaban J connectivity index is 2.92. The maximum Gasteiger partial charge on any atom is 0.310 e. The third-order valence-electron chi connectivity index (χ3n) is 3.18. The molecule has 0 aromatic rings. The standard InChI is InChI=1S/C12H22N2O5/c1-6(2)4-14-5-8(12(18)19)9(16)10(17)11(14)13-7(3)15/h6,8-11,16-17H,4-5H2,1-3H3,(H,13,15)(H,18,19)/t8-,9-,10-,11-/m0/s1. The molecule has 1 saturated heterocycles. The molecular formula is C12H22N2O5.